The van der Waals surface area contributed by atoms with Gasteiger partial charge >= 0.3 is 29.1 Å². The van der Waals surface area contributed by atoms with Crippen LogP contribution in [0.2, 0.25) is 0 Å². The number of rotatable bonds is 4. The molecule has 0 bridgehead atoms. The molecule has 0 atom stereocenters. The van der Waals surface area contributed by atoms with Crippen LogP contribution in [0.25, 0.3) is 155 Å². The van der Waals surface area contributed by atoms with E-state index in [4.69, 9.17) is 35.1 Å². The van der Waals surface area contributed by atoms with Crippen LogP contribution in [0.3, 0.4) is 0 Å². The number of benzene rings is 10. The van der Waals surface area contributed by atoms with Crippen LogP contribution in [0.1, 0.15) is 150 Å². The number of aryl methyl sites for hydroxylation is 11. The molecule has 18 nitrogen and oxygen atoms in total. The highest BCUT2D eigenvalue weighted by Gasteiger charge is 2.38. The summed E-state index contributed by atoms with van der Waals surface area (Å²) in [4.78, 5) is 45.4. The summed E-state index contributed by atoms with van der Waals surface area (Å²) < 4.78 is 47.2. The molecule has 0 aliphatic carbocycles. The maximum absolute atomic E-state index is 13.3. The molecule has 0 radical (unpaired) electrons. The second-order valence-electron chi connectivity index (χ2n) is 35.2. The lowest BCUT2D eigenvalue weighted by atomic mass is 9.80. The number of nitrogens with zero attached hydrogens (tertiary/aromatic N) is 18. The summed E-state index contributed by atoms with van der Waals surface area (Å²) in [6.07, 6.45) is -1.29. The highest BCUT2D eigenvalue weighted by Crippen LogP contribution is 2.44. The van der Waals surface area contributed by atoms with Crippen molar-refractivity contribution < 1.29 is 31.9 Å². The first-order valence-corrected chi connectivity index (χ1v) is 40.1. The van der Waals surface area contributed by atoms with Crippen LogP contribution in [0.15, 0.2) is 182 Å². The Morgan fingerprint density at radius 2 is 0.555 bits per heavy atom. The lowest BCUT2D eigenvalue weighted by molar-refractivity contribution is -0.720. The fourth-order valence-corrected chi connectivity index (χ4v) is 16.6. The van der Waals surface area contributed by atoms with E-state index in [1.807, 2.05) is 98.1 Å². The molecule has 18 aromatic rings. The van der Waals surface area contributed by atoms with E-state index in [1.165, 1.54) is 89.1 Å². The third-order valence-electron chi connectivity index (χ3n) is 22.6. The van der Waals surface area contributed by atoms with Gasteiger partial charge in [0.25, 0.3) is 11.3 Å². The third kappa shape index (κ3) is 15.3. The van der Waals surface area contributed by atoms with E-state index in [2.05, 4.69) is 262 Å². The summed E-state index contributed by atoms with van der Waals surface area (Å²) in [5.41, 5.74) is 24.3. The molecule has 0 N–H and O–H groups in total. The van der Waals surface area contributed by atoms with E-state index in [1.54, 1.807) is 28.8 Å². The Bertz CT molecular complexity index is 7180. The molecule has 119 heavy (non-hydrogen) atoms. The fourth-order valence-electron chi connectivity index (χ4n) is 16.6. The Kier molecular flexibility index (Phi) is 20.8. The van der Waals surface area contributed by atoms with Crippen molar-refractivity contribution in [3.63, 3.8) is 0 Å². The van der Waals surface area contributed by atoms with Crippen molar-refractivity contribution in [2.75, 3.05) is 0 Å². The zero-order valence-corrected chi connectivity index (χ0v) is 72.0. The number of aromatic nitrogens is 18. The molecule has 21 heteroatoms. The average Bonchev–Trinajstić information content (AvgIpc) is 0.744. The predicted octanol–water partition coefficient (Wildman–Crippen LogP) is 20.1. The molecule has 8 heterocycles. The van der Waals surface area contributed by atoms with Gasteiger partial charge in [-0.25, -0.2) is 39.9 Å². The van der Waals surface area contributed by atoms with E-state index >= 15 is 0 Å². The third-order valence-corrected chi connectivity index (χ3v) is 22.6. The van der Waals surface area contributed by atoms with Crippen LogP contribution in [-0.4, -0.2) is 70.2 Å². The Labute approximate surface area is 690 Å². The second kappa shape index (κ2) is 30.5. The number of para-hydroxylation sites is 4. The van der Waals surface area contributed by atoms with Crippen molar-refractivity contribution in [3.8, 4) is 45.3 Å². The van der Waals surface area contributed by atoms with Gasteiger partial charge in [-0.3, -0.25) is 0 Å². The number of hydrogen-bond donors (Lipinski definition) is 0. The van der Waals surface area contributed by atoms with Gasteiger partial charge in [0.1, 0.15) is 25.1 Å². The first-order valence-electron chi connectivity index (χ1n) is 40.1. The zero-order valence-electron chi connectivity index (χ0n) is 72.0. The summed E-state index contributed by atoms with van der Waals surface area (Å²) in [5, 5.41) is 28.4. The minimum atomic E-state index is -4.57. The standard InChI is InChI=1S/C27H27N4.C25H26F3N4.C25H24N5.C21H22N5/c1-16-18-11-7-8-12-19(18)21(27(3,4)5)15-20(16)25-17(2)24-26(30-31(25)6)29-23-14-10-9-13-22(23)28-24;1-13-16-10-8-9-11-17(16)19(24(4,5)6)12-18(13)21-14(2)20-23(31-32(21)7)30-22(15(3)29-20)25(26,27)28;1-15-16-10-6-7-11-17(16)19(25(2,3)4)14-18(15)24-28-22-23(29-30(24)5)27-21-13-9-8-12-20(21)26-22;1-13-14-8-6-7-9-15(14)17(21(2,3)4)12-16(13)20-24-18-19(25-26(20)5)23-11-10-22-18/h7-15H,1-6H3;8-12H,1-7H3;6-14H,1-5H3;6-12H,1-5H3/q4*+1. The Hall–Kier alpha value is -12.9. The molecule has 0 aliphatic rings. The summed E-state index contributed by atoms with van der Waals surface area (Å²) in [7, 11) is 7.57. The quantitative estimate of drug-likeness (QED) is 0.119. The molecule has 0 aliphatic heterocycles. The fraction of sp³-hybridized carbons (Fsp3) is 0.286. The monoisotopic (exact) mass is 1580 g/mol. The van der Waals surface area contributed by atoms with E-state index < -0.39 is 11.9 Å². The molecule has 0 saturated heterocycles. The van der Waals surface area contributed by atoms with E-state index in [-0.39, 0.29) is 33.0 Å². The maximum atomic E-state index is 13.3. The largest absolute Gasteiger partial charge is 0.435 e. The molecule has 0 saturated carbocycles. The SMILES string of the molecule is Cc1c(-c2c(C)c3nc4ccccc4nc3n[n+]2C)cc(C(C)(C)C)c2ccccc12.Cc1c(-c2nc3nc4ccccc4nc3n[n+]2C)cc(C(C)(C)C)c2ccccc12.Cc1c(-c2nc3nccnc3n[n+]2C)cc(C(C)(C)C)c2ccccc12.Cc1nc2c(C)c(-c3cc(C(C)(C)C)c4ccccc4c3C)[n+](C)nc2nc1C(F)(F)F. The second-order valence-corrected chi connectivity index (χ2v) is 35.2. The highest BCUT2D eigenvalue weighted by atomic mass is 19.4. The smallest absolute Gasteiger partial charge is 0.247 e. The van der Waals surface area contributed by atoms with Crippen LogP contribution >= 0.6 is 0 Å². The van der Waals surface area contributed by atoms with Crippen molar-refractivity contribution in [1.82, 2.24) is 70.2 Å². The summed E-state index contributed by atoms with van der Waals surface area (Å²) in [5.74, 6) is 1.59. The minimum Gasteiger partial charge on any atom is -0.247 e. The Morgan fingerprint density at radius 1 is 0.269 bits per heavy atom. The van der Waals surface area contributed by atoms with Crippen molar-refractivity contribution >= 4 is 110 Å². The molecule has 0 amide bonds. The van der Waals surface area contributed by atoms with E-state index in [0.717, 1.165) is 89.4 Å². The molecule has 10 aromatic carbocycles. The summed E-state index contributed by atoms with van der Waals surface area (Å²) in [6.45, 7) is 40.7. The first kappa shape index (κ1) is 81.2. The number of hydrogen-bond acceptors (Lipinski definition) is 14. The van der Waals surface area contributed by atoms with Gasteiger partial charge in [-0.1, -0.05) is 224 Å². The van der Waals surface area contributed by atoms with Crippen LogP contribution in [-0.2, 0) is 56.0 Å². The number of fused-ring (bicyclic) bond motifs is 10. The Balaban J connectivity index is 0.000000124. The van der Waals surface area contributed by atoms with Crippen molar-refractivity contribution in [2.45, 2.75) is 159 Å². The van der Waals surface area contributed by atoms with Gasteiger partial charge in [-0.05, 0) is 216 Å². The number of alkyl halides is 3. The molecule has 18 rings (SSSR count). The molecular weight excluding hydrogens is 1490 g/mol. The van der Waals surface area contributed by atoms with Crippen LogP contribution in [0.5, 0.6) is 0 Å². The van der Waals surface area contributed by atoms with Crippen LogP contribution in [0, 0.1) is 48.5 Å². The van der Waals surface area contributed by atoms with Gasteiger partial charge in [-0.15, -0.1) is 9.36 Å². The van der Waals surface area contributed by atoms with Crippen LogP contribution < -0.4 is 18.7 Å². The van der Waals surface area contributed by atoms with Crippen molar-refractivity contribution in [1.29, 1.82) is 0 Å². The molecule has 0 spiro atoms. The van der Waals surface area contributed by atoms with E-state index in [9.17, 15) is 13.2 Å². The van der Waals surface area contributed by atoms with E-state index in [0.29, 0.717) is 33.8 Å². The maximum Gasteiger partial charge on any atom is 0.435 e. The van der Waals surface area contributed by atoms with Gasteiger partial charge in [0.05, 0.1) is 67.3 Å². The van der Waals surface area contributed by atoms with Crippen molar-refractivity contribution in [2.24, 2.45) is 28.2 Å². The average molecular weight is 1590 g/mol. The van der Waals surface area contributed by atoms with Gasteiger partial charge in [0, 0.05) is 16.4 Å². The molecular formula is C98H99F3N18+4. The molecule has 8 aromatic heterocycles. The van der Waals surface area contributed by atoms with Gasteiger partial charge in [0.15, 0.2) is 19.8 Å². The number of halogens is 3. The van der Waals surface area contributed by atoms with Crippen LogP contribution in [0.4, 0.5) is 13.2 Å². The summed E-state index contributed by atoms with van der Waals surface area (Å²) >= 11 is 0. The topological polar surface area (TPSA) is 196 Å². The van der Waals surface area contributed by atoms with Gasteiger partial charge in [0.2, 0.25) is 22.7 Å². The lowest BCUT2D eigenvalue weighted by Crippen LogP contribution is -2.37. The molecule has 0 unspecified atom stereocenters. The molecule has 598 valence electrons. The first-order chi connectivity index (χ1) is 56.2. The predicted molar refractivity (Wildman–Crippen MR) is 469 cm³/mol. The lowest BCUT2D eigenvalue weighted by Gasteiger charge is -2.24. The van der Waals surface area contributed by atoms with Gasteiger partial charge < -0.3 is 0 Å². The highest BCUT2D eigenvalue weighted by molar-refractivity contribution is 5.99. The normalized spacial score (nSPS) is 12.3. The minimum absolute atomic E-state index is 0.000902. The Morgan fingerprint density at radius 3 is 0.933 bits per heavy atom. The van der Waals surface area contributed by atoms with Crippen molar-refractivity contribution in [3.05, 3.63) is 249 Å². The zero-order chi connectivity index (χ0) is 85.0. The summed E-state index contributed by atoms with van der Waals surface area (Å²) in [6, 6.07) is 59.0. The van der Waals surface area contributed by atoms with Gasteiger partial charge in [-0.2, -0.15) is 13.2 Å². The molecule has 0 fully saturated rings.